The molecular formula is C10H16N2O4S. The molecule has 1 aromatic carbocycles. The van der Waals surface area contributed by atoms with Crippen LogP contribution in [-0.4, -0.2) is 30.9 Å². The van der Waals surface area contributed by atoms with Crippen molar-refractivity contribution in [1.82, 2.24) is 5.32 Å². The minimum absolute atomic E-state index is 0.0547. The van der Waals surface area contributed by atoms with Gasteiger partial charge in [0.2, 0.25) is 10.0 Å². The van der Waals surface area contributed by atoms with Crippen molar-refractivity contribution in [3.8, 4) is 11.5 Å². The quantitative estimate of drug-likeness (QED) is 0.420. The molecule has 0 radical (unpaired) electrons. The fourth-order valence-electron chi connectivity index (χ4n) is 1.31. The summed E-state index contributed by atoms with van der Waals surface area (Å²) in [6.45, 7) is 0.997. The zero-order valence-electron chi connectivity index (χ0n) is 9.26. The lowest BCUT2D eigenvalue weighted by Gasteiger charge is -2.05. The Kier molecular flexibility index (Phi) is 4.73. The Labute approximate surface area is 100 Å². The van der Waals surface area contributed by atoms with Crippen LogP contribution in [0.15, 0.2) is 18.2 Å². The normalized spacial score (nSPS) is 11.6. The first-order valence-corrected chi connectivity index (χ1v) is 6.82. The summed E-state index contributed by atoms with van der Waals surface area (Å²) < 4.78 is 21.3. The van der Waals surface area contributed by atoms with Crippen LogP contribution in [0.1, 0.15) is 12.0 Å². The van der Waals surface area contributed by atoms with Crippen LogP contribution in [0, 0.1) is 0 Å². The number of primary sulfonamides is 1. The Balaban J connectivity index is 2.29. The number of benzene rings is 1. The molecule has 96 valence electrons. The van der Waals surface area contributed by atoms with E-state index in [1.54, 1.807) is 6.07 Å². The summed E-state index contributed by atoms with van der Waals surface area (Å²) in [5, 5.41) is 26.2. The molecule has 0 heterocycles. The standard InChI is InChI=1S/C10H16N2O4S/c11-17(15,16)5-1-4-12-7-8-2-3-9(13)10(14)6-8/h2-3,6,12-14H,1,4-5,7H2,(H2,11,15,16). The average Bonchev–Trinajstić information content (AvgIpc) is 2.21. The zero-order chi connectivity index (χ0) is 12.9. The van der Waals surface area contributed by atoms with Gasteiger partial charge >= 0.3 is 0 Å². The summed E-state index contributed by atoms with van der Waals surface area (Å²) in [4.78, 5) is 0. The van der Waals surface area contributed by atoms with Crippen molar-refractivity contribution in [2.24, 2.45) is 5.14 Å². The van der Waals surface area contributed by atoms with E-state index in [1.807, 2.05) is 0 Å². The fourth-order valence-corrected chi connectivity index (χ4v) is 1.86. The first-order chi connectivity index (χ1) is 7.88. The zero-order valence-corrected chi connectivity index (χ0v) is 10.1. The lowest BCUT2D eigenvalue weighted by atomic mass is 10.2. The van der Waals surface area contributed by atoms with E-state index in [0.717, 1.165) is 5.56 Å². The summed E-state index contributed by atoms with van der Waals surface area (Å²) in [6, 6.07) is 4.51. The Morgan fingerprint density at radius 2 is 1.94 bits per heavy atom. The molecule has 0 spiro atoms. The molecule has 0 atom stereocenters. The van der Waals surface area contributed by atoms with E-state index in [2.05, 4.69) is 5.32 Å². The van der Waals surface area contributed by atoms with Crippen LogP contribution in [0.3, 0.4) is 0 Å². The van der Waals surface area contributed by atoms with Crippen molar-refractivity contribution >= 4 is 10.0 Å². The van der Waals surface area contributed by atoms with E-state index in [4.69, 9.17) is 10.2 Å². The molecule has 0 aliphatic heterocycles. The second-order valence-electron chi connectivity index (χ2n) is 3.72. The van der Waals surface area contributed by atoms with Crippen LogP contribution in [-0.2, 0) is 16.6 Å². The van der Waals surface area contributed by atoms with Crippen molar-refractivity contribution in [2.45, 2.75) is 13.0 Å². The minimum atomic E-state index is -3.39. The van der Waals surface area contributed by atoms with Gasteiger partial charge in [-0.2, -0.15) is 0 Å². The number of phenols is 2. The van der Waals surface area contributed by atoms with Gasteiger partial charge in [-0.1, -0.05) is 6.07 Å². The molecule has 1 aromatic rings. The number of hydrogen-bond acceptors (Lipinski definition) is 5. The van der Waals surface area contributed by atoms with Crippen molar-refractivity contribution < 1.29 is 18.6 Å². The molecule has 0 saturated heterocycles. The van der Waals surface area contributed by atoms with E-state index < -0.39 is 10.0 Å². The number of nitrogens with one attached hydrogen (secondary N) is 1. The summed E-state index contributed by atoms with van der Waals surface area (Å²) >= 11 is 0. The first-order valence-electron chi connectivity index (χ1n) is 5.10. The van der Waals surface area contributed by atoms with Crippen molar-refractivity contribution in [2.75, 3.05) is 12.3 Å². The van der Waals surface area contributed by atoms with Gasteiger partial charge in [0.15, 0.2) is 11.5 Å². The van der Waals surface area contributed by atoms with E-state index in [1.165, 1.54) is 12.1 Å². The van der Waals surface area contributed by atoms with Gasteiger partial charge in [0, 0.05) is 6.54 Å². The van der Waals surface area contributed by atoms with Gasteiger partial charge in [0.25, 0.3) is 0 Å². The van der Waals surface area contributed by atoms with Gasteiger partial charge in [-0.15, -0.1) is 0 Å². The molecule has 0 unspecified atom stereocenters. The number of sulfonamides is 1. The molecule has 0 aliphatic carbocycles. The predicted octanol–water partition coefficient (Wildman–Crippen LogP) is -0.134. The van der Waals surface area contributed by atoms with Gasteiger partial charge in [0.05, 0.1) is 5.75 Å². The third kappa shape index (κ3) is 5.53. The van der Waals surface area contributed by atoms with Crippen LogP contribution in [0.2, 0.25) is 0 Å². The van der Waals surface area contributed by atoms with Gasteiger partial charge < -0.3 is 15.5 Å². The van der Waals surface area contributed by atoms with Crippen LogP contribution < -0.4 is 10.5 Å². The Bertz CT molecular complexity index is 473. The predicted molar refractivity (Wildman–Crippen MR) is 64.1 cm³/mol. The largest absolute Gasteiger partial charge is 0.504 e. The van der Waals surface area contributed by atoms with Crippen molar-refractivity contribution in [3.05, 3.63) is 23.8 Å². The first kappa shape index (κ1) is 13.8. The van der Waals surface area contributed by atoms with Crippen LogP contribution in [0.4, 0.5) is 0 Å². The number of rotatable bonds is 6. The molecule has 0 fully saturated rings. The summed E-state index contributed by atoms with van der Waals surface area (Å²) in [6.07, 6.45) is 0.433. The highest BCUT2D eigenvalue weighted by molar-refractivity contribution is 7.89. The average molecular weight is 260 g/mol. The Morgan fingerprint density at radius 1 is 1.24 bits per heavy atom. The summed E-state index contributed by atoms with van der Waals surface area (Å²) in [5.74, 6) is -0.391. The third-order valence-corrected chi connectivity index (χ3v) is 3.01. The number of phenolic OH excluding ortho intramolecular Hbond substituents is 2. The second-order valence-corrected chi connectivity index (χ2v) is 5.45. The van der Waals surface area contributed by atoms with Gasteiger partial charge in [0.1, 0.15) is 0 Å². The molecular weight excluding hydrogens is 244 g/mol. The van der Waals surface area contributed by atoms with Crippen LogP contribution in [0.25, 0.3) is 0 Å². The molecule has 0 aromatic heterocycles. The van der Waals surface area contributed by atoms with Crippen LogP contribution in [0.5, 0.6) is 11.5 Å². The molecule has 7 heteroatoms. The minimum Gasteiger partial charge on any atom is -0.504 e. The molecule has 1 rings (SSSR count). The molecule has 0 saturated carbocycles. The topological polar surface area (TPSA) is 113 Å². The number of aromatic hydroxyl groups is 2. The Morgan fingerprint density at radius 3 is 2.53 bits per heavy atom. The van der Waals surface area contributed by atoms with E-state index in [0.29, 0.717) is 19.5 Å². The van der Waals surface area contributed by atoms with Crippen molar-refractivity contribution in [3.63, 3.8) is 0 Å². The lowest BCUT2D eigenvalue weighted by molar-refractivity contribution is 0.403. The van der Waals surface area contributed by atoms with Gasteiger partial charge in [-0.3, -0.25) is 0 Å². The molecule has 6 nitrogen and oxygen atoms in total. The smallest absolute Gasteiger partial charge is 0.209 e. The van der Waals surface area contributed by atoms with E-state index in [9.17, 15) is 13.5 Å². The highest BCUT2D eigenvalue weighted by atomic mass is 32.2. The maximum absolute atomic E-state index is 10.6. The number of nitrogens with two attached hydrogens (primary N) is 1. The SMILES string of the molecule is NS(=O)(=O)CCCNCc1ccc(O)c(O)c1. The summed E-state index contributed by atoms with van der Waals surface area (Å²) in [5.41, 5.74) is 0.802. The van der Waals surface area contributed by atoms with Gasteiger partial charge in [-0.05, 0) is 30.7 Å². The summed E-state index contributed by atoms with van der Waals surface area (Å²) in [7, 11) is -3.39. The van der Waals surface area contributed by atoms with Crippen LogP contribution >= 0.6 is 0 Å². The van der Waals surface area contributed by atoms with E-state index in [-0.39, 0.29) is 17.3 Å². The highest BCUT2D eigenvalue weighted by Crippen LogP contribution is 2.24. The fraction of sp³-hybridized carbons (Fsp3) is 0.400. The highest BCUT2D eigenvalue weighted by Gasteiger charge is 2.02. The maximum Gasteiger partial charge on any atom is 0.209 e. The molecule has 0 aliphatic rings. The number of hydrogen-bond donors (Lipinski definition) is 4. The molecule has 5 N–H and O–H groups in total. The molecule has 0 bridgehead atoms. The third-order valence-electron chi connectivity index (χ3n) is 2.15. The molecule has 0 amide bonds. The maximum atomic E-state index is 10.6. The monoisotopic (exact) mass is 260 g/mol. The van der Waals surface area contributed by atoms with Crippen molar-refractivity contribution in [1.29, 1.82) is 0 Å². The molecule has 17 heavy (non-hydrogen) atoms. The van der Waals surface area contributed by atoms with Gasteiger partial charge in [-0.25, -0.2) is 13.6 Å². The van der Waals surface area contributed by atoms with E-state index >= 15 is 0 Å². The Hall–Kier alpha value is -1.31. The lowest BCUT2D eigenvalue weighted by Crippen LogP contribution is -2.22. The second kappa shape index (κ2) is 5.85.